The molecule has 1 amide bonds. The lowest BCUT2D eigenvalue weighted by Gasteiger charge is -2.04. The summed E-state index contributed by atoms with van der Waals surface area (Å²) in [5.41, 5.74) is 3.06. The van der Waals surface area contributed by atoms with Crippen molar-refractivity contribution in [1.29, 1.82) is 0 Å². The van der Waals surface area contributed by atoms with Crippen molar-refractivity contribution in [3.05, 3.63) is 29.2 Å². The molecule has 0 radical (unpaired) electrons. The lowest BCUT2D eigenvalue weighted by molar-refractivity contribution is 0.0954. The van der Waals surface area contributed by atoms with Crippen LogP contribution >= 0.6 is 0 Å². The van der Waals surface area contributed by atoms with Gasteiger partial charge in [0.2, 0.25) is 0 Å². The van der Waals surface area contributed by atoms with E-state index in [-0.39, 0.29) is 5.91 Å². The van der Waals surface area contributed by atoms with Gasteiger partial charge < -0.3 is 5.32 Å². The first kappa shape index (κ1) is 14.5. The molecule has 5 heteroatoms. The van der Waals surface area contributed by atoms with Crippen LogP contribution in [0.4, 0.5) is 0 Å². The largest absolute Gasteiger partial charge is 0.352 e. The zero-order valence-electron chi connectivity index (χ0n) is 12.4. The van der Waals surface area contributed by atoms with Gasteiger partial charge in [-0.25, -0.2) is 9.50 Å². The van der Waals surface area contributed by atoms with E-state index < -0.39 is 0 Å². The van der Waals surface area contributed by atoms with E-state index in [2.05, 4.69) is 22.3 Å². The maximum Gasteiger partial charge on any atom is 0.256 e. The van der Waals surface area contributed by atoms with Crippen LogP contribution in [0.2, 0.25) is 0 Å². The van der Waals surface area contributed by atoms with Crippen LogP contribution in [0.3, 0.4) is 0 Å². The highest BCUT2D eigenvalue weighted by molar-refractivity contribution is 5.99. The summed E-state index contributed by atoms with van der Waals surface area (Å²) in [6.07, 6.45) is 6.18. The Balaban J connectivity index is 2.07. The number of fused-ring (bicyclic) bond motifs is 1. The molecular weight excluding hydrogens is 252 g/mol. The fourth-order valence-corrected chi connectivity index (χ4v) is 2.28. The SMILES string of the molecule is CCCCCCNC(=O)c1cnn2c(C)cc(C)nc12. The molecule has 0 fully saturated rings. The van der Waals surface area contributed by atoms with Gasteiger partial charge in [-0.15, -0.1) is 0 Å². The van der Waals surface area contributed by atoms with Crippen molar-refractivity contribution in [2.75, 3.05) is 6.54 Å². The standard InChI is InChI=1S/C15H22N4O/c1-4-5-6-7-8-16-15(20)13-10-17-19-12(3)9-11(2)18-14(13)19/h9-10H,4-8H2,1-3H3,(H,16,20). The number of nitrogens with zero attached hydrogens (tertiary/aromatic N) is 3. The number of unbranched alkanes of at least 4 members (excludes halogenated alkanes) is 3. The predicted molar refractivity (Wildman–Crippen MR) is 78.9 cm³/mol. The van der Waals surface area contributed by atoms with E-state index in [1.807, 2.05) is 19.9 Å². The van der Waals surface area contributed by atoms with Crippen LogP contribution in [0.1, 0.15) is 54.4 Å². The first-order valence-electron chi connectivity index (χ1n) is 7.23. The van der Waals surface area contributed by atoms with Gasteiger partial charge in [0.1, 0.15) is 5.56 Å². The average Bonchev–Trinajstić information content (AvgIpc) is 2.82. The van der Waals surface area contributed by atoms with E-state index in [4.69, 9.17) is 0 Å². The van der Waals surface area contributed by atoms with Gasteiger partial charge in [0.05, 0.1) is 6.20 Å². The molecule has 1 N–H and O–H groups in total. The smallest absolute Gasteiger partial charge is 0.256 e. The van der Waals surface area contributed by atoms with Crippen molar-refractivity contribution < 1.29 is 4.79 Å². The number of carbonyl (C=O) groups is 1. The lowest BCUT2D eigenvalue weighted by Crippen LogP contribution is -2.24. The second kappa shape index (κ2) is 6.50. The van der Waals surface area contributed by atoms with Gasteiger partial charge in [-0.3, -0.25) is 4.79 Å². The minimum atomic E-state index is -0.0889. The maximum absolute atomic E-state index is 12.2. The Kier molecular flexibility index (Phi) is 4.71. The Hall–Kier alpha value is -1.91. The van der Waals surface area contributed by atoms with Crippen molar-refractivity contribution >= 4 is 11.6 Å². The van der Waals surface area contributed by atoms with E-state index in [1.54, 1.807) is 10.7 Å². The van der Waals surface area contributed by atoms with Crippen molar-refractivity contribution in [3.63, 3.8) is 0 Å². The molecule has 0 saturated carbocycles. The molecule has 0 aromatic carbocycles. The fraction of sp³-hybridized carbons (Fsp3) is 0.533. The van der Waals surface area contributed by atoms with E-state index >= 15 is 0 Å². The Morgan fingerprint density at radius 3 is 2.85 bits per heavy atom. The van der Waals surface area contributed by atoms with Crippen LogP contribution in [-0.4, -0.2) is 27.0 Å². The first-order valence-corrected chi connectivity index (χ1v) is 7.23. The molecule has 0 bridgehead atoms. The van der Waals surface area contributed by atoms with E-state index in [9.17, 15) is 4.79 Å². The summed E-state index contributed by atoms with van der Waals surface area (Å²) >= 11 is 0. The third kappa shape index (κ3) is 3.15. The molecule has 0 unspecified atom stereocenters. The number of hydrogen-bond donors (Lipinski definition) is 1. The summed E-state index contributed by atoms with van der Waals surface area (Å²) in [5, 5.41) is 7.17. The average molecular weight is 274 g/mol. The summed E-state index contributed by atoms with van der Waals surface area (Å²) in [4.78, 5) is 16.6. The Labute approximate surface area is 119 Å². The zero-order valence-corrected chi connectivity index (χ0v) is 12.4. The number of aryl methyl sites for hydroxylation is 2. The van der Waals surface area contributed by atoms with Gasteiger partial charge in [0.25, 0.3) is 5.91 Å². The number of rotatable bonds is 6. The molecule has 0 saturated heterocycles. The second-order valence-corrected chi connectivity index (χ2v) is 5.15. The molecule has 0 atom stereocenters. The van der Waals surface area contributed by atoms with Crippen molar-refractivity contribution in [3.8, 4) is 0 Å². The zero-order chi connectivity index (χ0) is 14.5. The molecule has 2 aromatic rings. The molecule has 5 nitrogen and oxygen atoms in total. The van der Waals surface area contributed by atoms with Crippen LogP contribution < -0.4 is 5.32 Å². The number of aromatic nitrogens is 3. The number of nitrogens with one attached hydrogen (secondary N) is 1. The topological polar surface area (TPSA) is 59.3 Å². The summed E-state index contributed by atoms with van der Waals surface area (Å²) in [5.74, 6) is -0.0889. The molecule has 2 rings (SSSR count). The Morgan fingerprint density at radius 1 is 1.30 bits per heavy atom. The third-order valence-corrected chi connectivity index (χ3v) is 3.34. The Bertz CT molecular complexity index is 603. The third-order valence-electron chi connectivity index (χ3n) is 3.34. The minimum Gasteiger partial charge on any atom is -0.352 e. The van der Waals surface area contributed by atoms with Crippen molar-refractivity contribution in [2.45, 2.75) is 46.5 Å². The van der Waals surface area contributed by atoms with Crippen LogP contribution in [0.5, 0.6) is 0 Å². The summed E-state index contributed by atoms with van der Waals surface area (Å²) in [7, 11) is 0. The highest BCUT2D eigenvalue weighted by atomic mass is 16.1. The number of carbonyl (C=O) groups excluding carboxylic acids is 1. The monoisotopic (exact) mass is 274 g/mol. The summed E-state index contributed by atoms with van der Waals surface area (Å²) in [6.45, 7) is 6.77. The highest BCUT2D eigenvalue weighted by Gasteiger charge is 2.14. The van der Waals surface area contributed by atoms with Gasteiger partial charge in [-0.05, 0) is 26.3 Å². The van der Waals surface area contributed by atoms with Gasteiger partial charge in [-0.1, -0.05) is 26.2 Å². The molecule has 0 spiro atoms. The number of hydrogen-bond acceptors (Lipinski definition) is 3. The van der Waals surface area contributed by atoms with Crippen LogP contribution in [0.15, 0.2) is 12.3 Å². The molecule has 2 aromatic heterocycles. The quantitative estimate of drug-likeness (QED) is 0.824. The molecule has 0 aliphatic rings. The van der Waals surface area contributed by atoms with E-state index in [0.29, 0.717) is 17.8 Å². The molecule has 0 aliphatic carbocycles. The minimum absolute atomic E-state index is 0.0889. The van der Waals surface area contributed by atoms with E-state index in [1.165, 1.54) is 12.8 Å². The van der Waals surface area contributed by atoms with Gasteiger partial charge in [-0.2, -0.15) is 5.10 Å². The molecule has 0 aliphatic heterocycles. The van der Waals surface area contributed by atoms with Crippen LogP contribution in [0, 0.1) is 13.8 Å². The van der Waals surface area contributed by atoms with Crippen LogP contribution in [0.25, 0.3) is 5.65 Å². The normalized spacial score (nSPS) is 10.9. The van der Waals surface area contributed by atoms with Crippen LogP contribution in [-0.2, 0) is 0 Å². The van der Waals surface area contributed by atoms with Gasteiger partial charge >= 0.3 is 0 Å². The predicted octanol–water partition coefficient (Wildman–Crippen LogP) is 2.66. The van der Waals surface area contributed by atoms with Gasteiger partial charge in [0.15, 0.2) is 5.65 Å². The molecule has 2 heterocycles. The molecule has 108 valence electrons. The maximum atomic E-state index is 12.2. The van der Waals surface area contributed by atoms with Gasteiger partial charge in [0, 0.05) is 17.9 Å². The van der Waals surface area contributed by atoms with E-state index in [0.717, 1.165) is 24.2 Å². The first-order chi connectivity index (χ1) is 9.63. The number of amides is 1. The molecule has 20 heavy (non-hydrogen) atoms. The summed E-state index contributed by atoms with van der Waals surface area (Å²) < 4.78 is 1.71. The second-order valence-electron chi connectivity index (χ2n) is 5.15. The highest BCUT2D eigenvalue weighted by Crippen LogP contribution is 2.11. The lowest BCUT2D eigenvalue weighted by atomic mass is 10.2. The molecular formula is C15H22N4O. The Morgan fingerprint density at radius 2 is 2.10 bits per heavy atom. The fourth-order valence-electron chi connectivity index (χ4n) is 2.28. The summed E-state index contributed by atoms with van der Waals surface area (Å²) in [6, 6.07) is 1.95. The van der Waals surface area contributed by atoms with Crippen molar-refractivity contribution in [2.24, 2.45) is 0 Å². The van der Waals surface area contributed by atoms with Crippen molar-refractivity contribution in [1.82, 2.24) is 19.9 Å².